The van der Waals surface area contributed by atoms with E-state index < -0.39 is 30.6 Å². The molecule has 108 valence electrons. The maximum atomic E-state index is 9.93. The van der Waals surface area contributed by atoms with Gasteiger partial charge in [-0.2, -0.15) is 0 Å². The molecule has 1 heterocycles. The van der Waals surface area contributed by atoms with Gasteiger partial charge in [0.05, 0.1) is 12.6 Å². The summed E-state index contributed by atoms with van der Waals surface area (Å²) >= 11 is 0. The third kappa shape index (κ3) is 3.88. The molecule has 6 heteroatoms. The number of aliphatic hydroxyl groups excluding tert-OH is 3. The summed E-state index contributed by atoms with van der Waals surface area (Å²) in [7, 11) is 1.67. The van der Waals surface area contributed by atoms with Gasteiger partial charge in [0, 0.05) is 6.61 Å². The fraction of sp³-hybridized carbons (Fsp3) is 1.00. The largest absolute Gasteiger partial charge is 0.394 e. The zero-order valence-electron chi connectivity index (χ0n) is 11.1. The van der Waals surface area contributed by atoms with Crippen molar-refractivity contribution in [3.05, 3.63) is 0 Å². The minimum Gasteiger partial charge on any atom is -0.394 e. The van der Waals surface area contributed by atoms with Crippen molar-refractivity contribution in [1.82, 2.24) is 5.32 Å². The van der Waals surface area contributed by atoms with E-state index in [-0.39, 0.29) is 6.61 Å². The number of aliphatic hydroxyl groups is 3. The minimum atomic E-state index is -1.11. The van der Waals surface area contributed by atoms with Crippen LogP contribution in [0.1, 0.15) is 26.2 Å². The molecule has 0 aromatic rings. The van der Waals surface area contributed by atoms with E-state index in [9.17, 15) is 10.2 Å². The summed E-state index contributed by atoms with van der Waals surface area (Å²) in [4.78, 5) is 0. The van der Waals surface area contributed by atoms with Gasteiger partial charge in [-0.05, 0) is 13.5 Å². The van der Waals surface area contributed by atoms with Crippen LogP contribution in [0, 0.1) is 0 Å². The quantitative estimate of drug-likeness (QED) is 0.451. The van der Waals surface area contributed by atoms with Crippen LogP contribution in [0.25, 0.3) is 0 Å². The topological polar surface area (TPSA) is 91.2 Å². The number of hydrogen-bond donors (Lipinski definition) is 4. The highest BCUT2D eigenvalue weighted by Gasteiger charge is 2.43. The number of likely N-dealkylation sites (N-methyl/N-ethyl adjacent to an activating group) is 1. The Morgan fingerprint density at radius 3 is 2.50 bits per heavy atom. The van der Waals surface area contributed by atoms with Crippen molar-refractivity contribution in [2.75, 3.05) is 20.3 Å². The second-order valence-electron chi connectivity index (χ2n) is 4.60. The zero-order valence-corrected chi connectivity index (χ0v) is 11.1. The fourth-order valence-corrected chi connectivity index (χ4v) is 2.08. The standard InChI is InChI=1S/C12H25NO5/c1-3-4-5-6-17-12-9(13-2)11(16)10(15)8(7-14)18-12/h8-16H,3-7H2,1-2H3/t8-,9-,10-,11-,12?/m1/s1. The maximum absolute atomic E-state index is 9.93. The number of unbranched alkanes of at least 4 members (excludes halogenated alkanes) is 2. The molecule has 0 spiro atoms. The SMILES string of the molecule is CCCCCOC1O[C@H](CO)[C@@H](O)[C@H](O)[C@H]1NC. The molecule has 0 radical (unpaired) electrons. The second kappa shape index (κ2) is 8.04. The van der Waals surface area contributed by atoms with Crippen LogP contribution < -0.4 is 5.32 Å². The van der Waals surface area contributed by atoms with E-state index in [1.54, 1.807) is 7.05 Å². The van der Waals surface area contributed by atoms with E-state index in [1.807, 2.05) is 0 Å². The third-order valence-electron chi connectivity index (χ3n) is 3.24. The molecule has 5 atom stereocenters. The minimum absolute atomic E-state index is 0.344. The summed E-state index contributed by atoms with van der Waals surface area (Å²) in [6, 6.07) is -0.496. The van der Waals surface area contributed by atoms with Gasteiger partial charge in [-0.25, -0.2) is 0 Å². The van der Waals surface area contributed by atoms with Gasteiger partial charge in [-0.1, -0.05) is 19.8 Å². The summed E-state index contributed by atoms with van der Waals surface area (Å²) < 4.78 is 11.0. The highest BCUT2D eigenvalue weighted by atomic mass is 16.7. The lowest BCUT2D eigenvalue weighted by molar-refractivity contribution is -0.270. The predicted molar refractivity (Wildman–Crippen MR) is 66.1 cm³/mol. The summed E-state index contributed by atoms with van der Waals surface area (Å²) in [5.41, 5.74) is 0. The Labute approximate surface area is 108 Å². The molecular formula is C12H25NO5. The fourth-order valence-electron chi connectivity index (χ4n) is 2.08. The monoisotopic (exact) mass is 263 g/mol. The molecule has 1 rings (SSSR count). The van der Waals surface area contributed by atoms with Crippen LogP contribution in [0.5, 0.6) is 0 Å². The highest BCUT2D eigenvalue weighted by molar-refractivity contribution is 4.92. The molecule has 1 unspecified atom stereocenters. The van der Waals surface area contributed by atoms with E-state index in [1.165, 1.54) is 0 Å². The molecule has 1 fully saturated rings. The average Bonchev–Trinajstić information content (AvgIpc) is 2.38. The van der Waals surface area contributed by atoms with Crippen LogP contribution in [0.4, 0.5) is 0 Å². The number of rotatable bonds is 7. The van der Waals surface area contributed by atoms with Gasteiger partial charge in [-0.3, -0.25) is 0 Å². The van der Waals surface area contributed by atoms with E-state index >= 15 is 0 Å². The summed E-state index contributed by atoms with van der Waals surface area (Å²) in [6.45, 7) is 2.30. The molecule has 4 N–H and O–H groups in total. The molecule has 0 aromatic carbocycles. The van der Waals surface area contributed by atoms with Crippen LogP contribution in [0.2, 0.25) is 0 Å². The first-order chi connectivity index (χ1) is 8.65. The first-order valence-electron chi connectivity index (χ1n) is 6.57. The van der Waals surface area contributed by atoms with Crippen LogP contribution in [-0.4, -0.2) is 66.2 Å². The van der Waals surface area contributed by atoms with Gasteiger partial charge < -0.3 is 30.1 Å². The number of hydrogen-bond acceptors (Lipinski definition) is 6. The molecule has 0 aliphatic carbocycles. The van der Waals surface area contributed by atoms with Gasteiger partial charge in [0.15, 0.2) is 6.29 Å². The molecular weight excluding hydrogens is 238 g/mol. The Hall–Kier alpha value is -0.240. The molecule has 1 aliphatic heterocycles. The van der Waals surface area contributed by atoms with Gasteiger partial charge in [0.2, 0.25) is 0 Å². The normalized spacial score (nSPS) is 36.8. The van der Waals surface area contributed by atoms with E-state index in [0.29, 0.717) is 6.61 Å². The molecule has 0 aromatic heterocycles. The van der Waals surface area contributed by atoms with Crippen molar-refractivity contribution in [2.24, 2.45) is 0 Å². The molecule has 0 bridgehead atoms. The summed E-state index contributed by atoms with van der Waals surface area (Å²) in [5, 5.41) is 31.6. The van der Waals surface area contributed by atoms with Crippen molar-refractivity contribution in [1.29, 1.82) is 0 Å². The lowest BCUT2D eigenvalue weighted by Gasteiger charge is -2.41. The average molecular weight is 263 g/mol. The number of nitrogens with one attached hydrogen (secondary N) is 1. The summed E-state index contributed by atoms with van der Waals surface area (Å²) in [5.74, 6) is 0. The zero-order chi connectivity index (χ0) is 13.5. The van der Waals surface area contributed by atoms with Crippen molar-refractivity contribution in [2.45, 2.75) is 56.8 Å². The van der Waals surface area contributed by atoms with Crippen molar-refractivity contribution in [3.63, 3.8) is 0 Å². The Morgan fingerprint density at radius 1 is 1.22 bits per heavy atom. The van der Waals surface area contributed by atoms with Crippen molar-refractivity contribution >= 4 is 0 Å². The van der Waals surface area contributed by atoms with Gasteiger partial charge in [0.1, 0.15) is 18.3 Å². The molecule has 0 saturated carbocycles. The van der Waals surface area contributed by atoms with Crippen LogP contribution >= 0.6 is 0 Å². The third-order valence-corrected chi connectivity index (χ3v) is 3.24. The first-order valence-corrected chi connectivity index (χ1v) is 6.57. The van der Waals surface area contributed by atoms with Crippen LogP contribution in [-0.2, 0) is 9.47 Å². The Bertz CT molecular complexity index is 229. The Morgan fingerprint density at radius 2 is 1.94 bits per heavy atom. The Balaban J connectivity index is 2.51. The van der Waals surface area contributed by atoms with E-state index in [4.69, 9.17) is 14.6 Å². The Kier molecular flexibility index (Phi) is 7.06. The molecule has 0 amide bonds. The van der Waals surface area contributed by atoms with Crippen molar-refractivity contribution < 1.29 is 24.8 Å². The lowest BCUT2D eigenvalue weighted by atomic mass is 9.97. The van der Waals surface area contributed by atoms with E-state index in [2.05, 4.69) is 12.2 Å². The van der Waals surface area contributed by atoms with Crippen LogP contribution in [0.3, 0.4) is 0 Å². The summed E-state index contributed by atoms with van der Waals surface area (Å²) in [6.07, 6.45) is -0.477. The molecule has 6 nitrogen and oxygen atoms in total. The highest BCUT2D eigenvalue weighted by Crippen LogP contribution is 2.22. The first kappa shape index (κ1) is 15.8. The van der Waals surface area contributed by atoms with Gasteiger partial charge in [0.25, 0.3) is 0 Å². The lowest BCUT2D eigenvalue weighted by Crippen LogP contribution is -2.63. The number of ether oxygens (including phenoxy) is 2. The molecule has 1 saturated heterocycles. The van der Waals surface area contributed by atoms with Gasteiger partial charge >= 0.3 is 0 Å². The van der Waals surface area contributed by atoms with E-state index in [0.717, 1.165) is 19.3 Å². The molecule has 1 aliphatic rings. The second-order valence-corrected chi connectivity index (χ2v) is 4.60. The van der Waals surface area contributed by atoms with Crippen LogP contribution in [0.15, 0.2) is 0 Å². The maximum Gasteiger partial charge on any atom is 0.175 e. The van der Waals surface area contributed by atoms with Crippen molar-refractivity contribution in [3.8, 4) is 0 Å². The smallest absolute Gasteiger partial charge is 0.175 e. The molecule has 18 heavy (non-hydrogen) atoms. The van der Waals surface area contributed by atoms with Gasteiger partial charge in [-0.15, -0.1) is 0 Å². The predicted octanol–water partition coefficient (Wildman–Crippen LogP) is -0.780.